The summed E-state index contributed by atoms with van der Waals surface area (Å²) in [6.07, 6.45) is -0.862. The standard InChI is InChI=1S/C26H39NO10/c1-7-16(3)14-33-25(31)36-22-10-9-20(12-23(22)37-26(32)34-15-17(4)8-2)11-21(24(29)30)27-13-18(5)35-19(6)28/h9-10,12,16-18,21,27H,7-8,11,13-15H2,1-6H3,(H,29,30)/t16?,17?,18?,21-/m0/s1. The van der Waals surface area contributed by atoms with Crippen LogP contribution in [0.25, 0.3) is 0 Å². The first-order valence-corrected chi connectivity index (χ1v) is 12.4. The number of carboxylic acids is 1. The van der Waals surface area contributed by atoms with Gasteiger partial charge in [-0.2, -0.15) is 0 Å². The molecule has 0 fully saturated rings. The third-order valence-corrected chi connectivity index (χ3v) is 5.52. The molecule has 37 heavy (non-hydrogen) atoms. The van der Waals surface area contributed by atoms with Crippen LogP contribution in [0.2, 0.25) is 0 Å². The van der Waals surface area contributed by atoms with Crippen LogP contribution in [0.5, 0.6) is 11.5 Å². The SMILES string of the molecule is CCC(C)COC(=O)Oc1ccc(C[C@H](NCC(C)OC(C)=O)C(=O)O)cc1OC(=O)OCC(C)CC. The van der Waals surface area contributed by atoms with E-state index in [1.807, 2.05) is 27.7 Å². The van der Waals surface area contributed by atoms with Gasteiger partial charge in [0, 0.05) is 13.5 Å². The zero-order chi connectivity index (χ0) is 28.0. The van der Waals surface area contributed by atoms with Crippen molar-refractivity contribution in [3.63, 3.8) is 0 Å². The summed E-state index contributed by atoms with van der Waals surface area (Å²) in [5.41, 5.74) is 0.477. The number of esters is 1. The predicted octanol–water partition coefficient (Wildman–Crippen LogP) is 4.35. The third-order valence-electron chi connectivity index (χ3n) is 5.52. The Balaban J connectivity index is 3.04. The van der Waals surface area contributed by atoms with Gasteiger partial charge >= 0.3 is 24.2 Å². The molecular formula is C26H39NO10. The summed E-state index contributed by atoms with van der Waals surface area (Å²) in [4.78, 5) is 47.3. The van der Waals surface area contributed by atoms with Crippen LogP contribution in [0.3, 0.4) is 0 Å². The minimum atomic E-state index is -1.13. The highest BCUT2D eigenvalue weighted by Gasteiger charge is 2.22. The highest BCUT2D eigenvalue weighted by Crippen LogP contribution is 2.30. The molecule has 208 valence electrons. The lowest BCUT2D eigenvalue weighted by atomic mass is 10.0. The molecule has 0 aliphatic rings. The molecule has 4 atom stereocenters. The zero-order valence-corrected chi connectivity index (χ0v) is 22.4. The van der Waals surface area contributed by atoms with Crippen molar-refractivity contribution in [1.82, 2.24) is 5.32 Å². The van der Waals surface area contributed by atoms with E-state index in [4.69, 9.17) is 23.7 Å². The topological polar surface area (TPSA) is 147 Å². The third kappa shape index (κ3) is 13.0. The number of ether oxygens (including phenoxy) is 5. The van der Waals surface area contributed by atoms with Crippen molar-refractivity contribution in [2.45, 2.75) is 73.0 Å². The second-order valence-corrected chi connectivity index (χ2v) is 9.06. The van der Waals surface area contributed by atoms with E-state index in [-0.39, 0.29) is 49.5 Å². The van der Waals surface area contributed by atoms with E-state index in [0.29, 0.717) is 5.56 Å². The molecule has 0 saturated heterocycles. The minimum Gasteiger partial charge on any atom is -0.480 e. The van der Waals surface area contributed by atoms with E-state index < -0.39 is 36.4 Å². The monoisotopic (exact) mass is 525 g/mol. The van der Waals surface area contributed by atoms with E-state index >= 15 is 0 Å². The summed E-state index contributed by atoms with van der Waals surface area (Å²) in [6, 6.07) is 3.30. The molecule has 0 aliphatic carbocycles. The lowest BCUT2D eigenvalue weighted by Crippen LogP contribution is -2.42. The lowest BCUT2D eigenvalue weighted by Gasteiger charge is -2.19. The number of hydrogen-bond acceptors (Lipinski definition) is 10. The van der Waals surface area contributed by atoms with E-state index in [2.05, 4.69) is 5.32 Å². The Kier molecular flexibility index (Phi) is 14.1. The molecule has 11 heteroatoms. The number of rotatable bonds is 15. The van der Waals surface area contributed by atoms with E-state index in [0.717, 1.165) is 12.8 Å². The smallest absolute Gasteiger partial charge is 0.480 e. The maximum Gasteiger partial charge on any atom is 0.513 e. The van der Waals surface area contributed by atoms with Crippen LogP contribution in [0.1, 0.15) is 59.9 Å². The molecule has 0 spiro atoms. The first-order chi connectivity index (χ1) is 17.4. The Morgan fingerprint density at radius 2 is 1.43 bits per heavy atom. The Morgan fingerprint density at radius 3 is 1.92 bits per heavy atom. The molecule has 0 amide bonds. The quantitative estimate of drug-likeness (QED) is 0.191. The average Bonchev–Trinajstić information content (AvgIpc) is 2.84. The second-order valence-electron chi connectivity index (χ2n) is 9.06. The van der Waals surface area contributed by atoms with Crippen molar-refractivity contribution in [3.8, 4) is 11.5 Å². The maximum atomic E-state index is 12.3. The molecule has 3 unspecified atom stereocenters. The molecule has 0 bridgehead atoms. The van der Waals surface area contributed by atoms with Crippen LogP contribution in [-0.2, 0) is 30.2 Å². The average molecular weight is 526 g/mol. The Hall–Kier alpha value is -3.34. The summed E-state index contributed by atoms with van der Waals surface area (Å²) in [5, 5.41) is 12.5. The molecule has 11 nitrogen and oxygen atoms in total. The molecule has 1 aromatic rings. The van der Waals surface area contributed by atoms with Crippen molar-refractivity contribution < 1.29 is 48.0 Å². The largest absolute Gasteiger partial charge is 0.513 e. The van der Waals surface area contributed by atoms with Gasteiger partial charge in [0.1, 0.15) is 12.1 Å². The summed E-state index contributed by atoms with van der Waals surface area (Å²) in [6.45, 7) is 11.1. The molecule has 0 heterocycles. The van der Waals surface area contributed by atoms with Gasteiger partial charge in [0.05, 0.1) is 13.2 Å². The van der Waals surface area contributed by atoms with Gasteiger partial charge in [-0.25, -0.2) is 9.59 Å². The van der Waals surface area contributed by atoms with Gasteiger partial charge in [-0.3, -0.25) is 9.59 Å². The summed E-state index contributed by atoms with van der Waals surface area (Å²) >= 11 is 0. The predicted molar refractivity (Wildman–Crippen MR) is 134 cm³/mol. The zero-order valence-electron chi connectivity index (χ0n) is 22.4. The van der Waals surface area contributed by atoms with Gasteiger partial charge in [-0.15, -0.1) is 0 Å². The van der Waals surface area contributed by atoms with E-state index in [1.165, 1.54) is 19.1 Å². The summed E-state index contributed by atoms with van der Waals surface area (Å²) < 4.78 is 25.8. The van der Waals surface area contributed by atoms with Crippen LogP contribution >= 0.6 is 0 Å². The first kappa shape index (κ1) is 31.7. The van der Waals surface area contributed by atoms with Crippen LogP contribution in [0, 0.1) is 11.8 Å². The fourth-order valence-corrected chi connectivity index (χ4v) is 2.85. The number of aliphatic carboxylic acids is 1. The Morgan fingerprint density at radius 1 is 0.892 bits per heavy atom. The van der Waals surface area contributed by atoms with Crippen molar-refractivity contribution in [1.29, 1.82) is 0 Å². The molecule has 2 N–H and O–H groups in total. The number of carbonyl (C=O) groups excluding carboxylic acids is 3. The van der Waals surface area contributed by atoms with Gasteiger partial charge in [-0.05, 0) is 42.9 Å². The van der Waals surface area contributed by atoms with Crippen LogP contribution in [0.15, 0.2) is 18.2 Å². The minimum absolute atomic E-state index is 0.000851. The molecule has 0 aromatic heterocycles. The van der Waals surface area contributed by atoms with Gasteiger partial charge in [0.2, 0.25) is 0 Å². The van der Waals surface area contributed by atoms with Crippen LogP contribution < -0.4 is 14.8 Å². The van der Waals surface area contributed by atoms with Crippen LogP contribution in [0.4, 0.5) is 9.59 Å². The molecule has 1 aromatic carbocycles. The maximum absolute atomic E-state index is 12.3. The van der Waals surface area contributed by atoms with E-state index in [1.54, 1.807) is 13.0 Å². The lowest BCUT2D eigenvalue weighted by molar-refractivity contribution is -0.145. The molecular weight excluding hydrogens is 486 g/mol. The molecule has 0 saturated carbocycles. The number of hydrogen-bond donors (Lipinski definition) is 2. The normalized spacial score (nSPS) is 14.0. The van der Waals surface area contributed by atoms with E-state index in [9.17, 15) is 24.3 Å². The van der Waals surface area contributed by atoms with Gasteiger partial charge in [0.25, 0.3) is 0 Å². The highest BCUT2D eigenvalue weighted by molar-refractivity contribution is 5.74. The fourth-order valence-electron chi connectivity index (χ4n) is 2.85. The summed E-state index contributed by atoms with van der Waals surface area (Å²) in [5.74, 6) is -1.53. The second kappa shape index (κ2) is 16.4. The number of carbonyl (C=O) groups is 4. The Bertz CT molecular complexity index is 903. The first-order valence-electron chi connectivity index (χ1n) is 12.4. The van der Waals surface area contributed by atoms with Crippen LogP contribution in [-0.4, -0.2) is 61.3 Å². The van der Waals surface area contributed by atoms with Gasteiger partial charge in [0.15, 0.2) is 11.5 Å². The Labute approximate surface area is 217 Å². The van der Waals surface area contributed by atoms with Crippen molar-refractivity contribution in [3.05, 3.63) is 23.8 Å². The summed E-state index contributed by atoms with van der Waals surface area (Å²) in [7, 11) is 0. The van der Waals surface area contributed by atoms with Crippen molar-refractivity contribution in [2.75, 3.05) is 19.8 Å². The van der Waals surface area contributed by atoms with Crippen molar-refractivity contribution in [2.24, 2.45) is 11.8 Å². The fraction of sp³-hybridized carbons (Fsp3) is 0.615. The number of benzene rings is 1. The molecule has 1 rings (SSSR count). The number of nitrogens with one attached hydrogen (secondary N) is 1. The van der Waals surface area contributed by atoms with Crippen molar-refractivity contribution >= 4 is 24.2 Å². The van der Waals surface area contributed by atoms with Gasteiger partial charge in [-0.1, -0.05) is 46.6 Å². The van der Waals surface area contributed by atoms with Gasteiger partial charge < -0.3 is 34.1 Å². The molecule has 0 aliphatic heterocycles. The molecule has 0 radical (unpaired) electrons. The highest BCUT2D eigenvalue weighted by atomic mass is 16.7. The number of carboxylic acid groups (broad SMARTS) is 1.